The van der Waals surface area contributed by atoms with E-state index < -0.39 is 0 Å². The van der Waals surface area contributed by atoms with Crippen LogP contribution in [0.3, 0.4) is 0 Å². The molecule has 148 valence electrons. The Balaban J connectivity index is 1.41. The fourth-order valence-corrected chi connectivity index (χ4v) is 5.15. The number of likely N-dealkylation sites (N-methyl/N-ethyl adjacent to an activating group) is 1. The first kappa shape index (κ1) is 18.5. The van der Waals surface area contributed by atoms with Gasteiger partial charge in [0.05, 0.1) is 5.56 Å². The molecule has 0 N–H and O–H groups in total. The summed E-state index contributed by atoms with van der Waals surface area (Å²) in [5.74, 6) is 1.90. The first-order valence-electron chi connectivity index (χ1n) is 10.2. The van der Waals surface area contributed by atoms with Crippen molar-refractivity contribution >= 4 is 11.8 Å². The third kappa shape index (κ3) is 3.51. The van der Waals surface area contributed by atoms with Crippen LogP contribution in [0.1, 0.15) is 54.0 Å². The van der Waals surface area contributed by atoms with Gasteiger partial charge in [0.1, 0.15) is 11.5 Å². The van der Waals surface area contributed by atoms with E-state index in [1.807, 2.05) is 24.8 Å². The second-order valence-corrected chi connectivity index (χ2v) is 8.85. The molecule has 1 aromatic heterocycles. The smallest absolute Gasteiger partial charge is 0.257 e. The zero-order valence-corrected chi connectivity index (χ0v) is 16.8. The lowest BCUT2D eigenvalue weighted by molar-refractivity contribution is -0.141. The van der Waals surface area contributed by atoms with E-state index >= 15 is 0 Å². The molecule has 0 aliphatic carbocycles. The highest BCUT2D eigenvalue weighted by Crippen LogP contribution is 2.41. The van der Waals surface area contributed by atoms with Crippen molar-refractivity contribution in [1.82, 2.24) is 14.7 Å². The van der Waals surface area contributed by atoms with Crippen LogP contribution in [0.2, 0.25) is 0 Å². The molecule has 1 aromatic rings. The van der Waals surface area contributed by atoms with E-state index in [0.717, 1.165) is 64.2 Å². The number of hydrogen-bond donors (Lipinski definition) is 0. The fourth-order valence-electron chi connectivity index (χ4n) is 5.15. The van der Waals surface area contributed by atoms with Crippen molar-refractivity contribution in [3.8, 4) is 0 Å². The molecule has 4 rings (SSSR count). The van der Waals surface area contributed by atoms with E-state index in [1.54, 1.807) is 0 Å². The van der Waals surface area contributed by atoms with Gasteiger partial charge in [-0.15, -0.1) is 0 Å². The van der Waals surface area contributed by atoms with Crippen LogP contribution in [-0.2, 0) is 4.79 Å². The van der Waals surface area contributed by atoms with Crippen LogP contribution >= 0.6 is 0 Å². The highest BCUT2D eigenvalue weighted by Gasteiger charge is 2.44. The van der Waals surface area contributed by atoms with Crippen molar-refractivity contribution in [2.45, 2.75) is 52.0 Å². The molecule has 1 spiro atoms. The van der Waals surface area contributed by atoms with Crippen LogP contribution < -0.4 is 0 Å². The molecule has 0 aromatic carbocycles. The molecule has 3 fully saturated rings. The second kappa shape index (κ2) is 6.97. The molecule has 0 radical (unpaired) electrons. The second-order valence-electron chi connectivity index (χ2n) is 8.85. The summed E-state index contributed by atoms with van der Waals surface area (Å²) in [5, 5.41) is 0. The van der Waals surface area contributed by atoms with Crippen LogP contribution in [-0.4, -0.2) is 72.3 Å². The van der Waals surface area contributed by atoms with Crippen LogP contribution in [0.5, 0.6) is 0 Å². The van der Waals surface area contributed by atoms with Gasteiger partial charge in [0.25, 0.3) is 5.91 Å². The summed E-state index contributed by atoms with van der Waals surface area (Å²) in [5.41, 5.74) is 0.880. The standard InChI is InChI=1S/C21H31N3O3/c1-15-12-18(16(2)27-15)20(26)23-10-7-21(8-11-23)6-4-19(25)24(14-21)17-5-9-22(3)13-17/h12,17H,4-11,13-14H2,1-3H3/t17-/m1/s1. The van der Waals surface area contributed by atoms with E-state index in [1.165, 1.54) is 0 Å². The van der Waals surface area contributed by atoms with Crippen molar-refractivity contribution in [3.05, 3.63) is 23.2 Å². The molecular formula is C21H31N3O3. The average molecular weight is 373 g/mol. The minimum atomic E-state index is 0.0837. The van der Waals surface area contributed by atoms with Gasteiger partial charge >= 0.3 is 0 Å². The van der Waals surface area contributed by atoms with Crippen LogP contribution in [0.4, 0.5) is 0 Å². The average Bonchev–Trinajstić information content (AvgIpc) is 3.22. The molecule has 6 heteroatoms. The Hall–Kier alpha value is -1.82. The van der Waals surface area contributed by atoms with Crippen molar-refractivity contribution in [2.75, 3.05) is 39.8 Å². The monoisotopic (exact) mass is 373 g/mol. The molecule has 6 nitrogen and oxygen atoms in total. The van der Waals surface area contributed by atoms with Gasteiger partial charge in [-0.25, -0.2) is 0 Å². The molecule has 0 unspecified atom stereocenters. The van der Waals surface area contributed by atoms with E-state index in [0.29, 0.717) is 29.7 Å². The lowest BCUT2D eigenvalue weighted by Crippen LogP contribution is -2.55. The lowest BCUT2D eigenvalue weighted by Gasteiger charge is -2.49. The normalized spacial score (nSPS) is 26.2. The Labute approximate surface area is 161 Å². The molecule has 3 aliphatic rings. The zero-order chi connectivity index (χ0) is 19.2. The number of hydrogen-bond acceptors (Lipinski definition) is 4. The van der Waals surface area contributed by atoms with Gasteiger partial charge in [0.15, 0.2) is 0 Å². The highest BCUT2D eigenvalue weighted by atomic mass is 16.3. The summed E-state index contributed by atoms with van der Waals surface area (Å²) in [4.78, 5) is 31.8. The topological polar surface area (TPSA) is 57.0 Å². The molecule has 27 heavy (non-hydrogen) atoms. The first-order chi connectivity index (χ1) is 12.9. The van der Waals surface area contributed by atoms with Gasteiger partial charge in [-0.05, 0) is 64.6 Å². The number of nitrogens with zero attached hydrogens (tertiary/aromatic N) is 3. The summed E-state index contributed by atoms with van der Waals surface area (Å²) in [6.07, 6.45) is 4.69. The Morgan fingerprint density at radius 1 is 1.19 bits per heavy atom. The molecule has 0 saturated carbocycles. The summed E-state index contributed by atoms with van der Waals surface area (Å²) in [6.45, 7) is 8.22. The minimum absolute atomic E-state index is 0.0837. The quantitative estimate of drug-likeness (QED) is 0.799. The molecule has 3 saturated heterocycles. The molecule has 4 heterocycles. The number of aryl methyl sites for hydroxylation is 2. The predicted molar refractivity (Wildman–Crippen MR) is 103 cm³/mol. The Bertz CT molecular complexity index is 733. The number of likely N-dealkylation sites (tertiary alicyclic amines) is 3. The summed E-state index contributed by atoms with van der Waals surface area (Å²) >= 11 is 0. The predicted octanol–water partition coefficient (Wildman–Crippen LogP) is 2.45. The Kier molecular flexibility index (Phi) is 4.78. The van der Waals surface area contributed by atoms with E-state index in [4.69, 9.17) is 4.42 Å². The third-order valence-corrected chi connectivity index (χ3v) is 6.89. The summed E-state index contributed by atoms with van der Waals surface area (Å²) in [7, 11) is 2.13. The number of carbonyl (C=O) groups is 2. The van der Waals surface area contributed by atoms with Crippen LogP contribution in [0, 0.1) is 19.3 Å². The largest absolute Gasteiger partial charge is 0.466 e. The minimum Gasteiger partial charge on any atom is -0.466 e. The first-order valence-corrected chi connectivity index (χ1v) is 10.2. The highest BCUT2D eigenvalue weighted by molar-refractivity contribution is 5.95. The van der Waals surface area contributed by atoms with Gasteiger partial charge in [0.2, 0.25) is 5.91 Å². The Morgan fingerprint density at radius 2 is 1.93 bits per heavy atom. The number of furan rings is 1. The number of carbonyl (C=O) groups excluding carboxylic acids is 2. The van der Waals surface area contributed by atoms with E-state index in [9.17, 15) is 9.59 Å². The van der Waals surface area contributed by atoms with Crippen molar-refractivity contribution in [3.63, 3.8) is 0 Å². The van der Waals surface area contributed by atoms with Gasteiger partial charge in [0, 0.05) is 38.6 Å². The van der Waals surface area contributed by atoms with Gasteiger partial charge in [-0.1, -0.05) is 0 Å². The number of piperidine rings is 2. The Morgan fingerprint density at radius 3 is 2.52 bits per heavy atom. The van der Waals surface area contributed by atoms with E-state index in [-0.39, 0.29) is 11.3 Å². The third-order valence-electron chi connectivity index (χ3n) is 6.89. The van der Waals surface area contributed by atoms with Crippen LogP contribution in [0.25, 0.3) is 0 Å². The van der Waals surface area contributed by atoms with Crippen molar-refractivity contribution < 1.29 is 14.0 Å². The van der Waals surface area contributed by atoms with Gasteiger partial charge in [-0.2, -0.15) is 0 Å². The fraction of sp³-hybridized carbons (Fsp3) is 0.714. The van der Waals surface area contributed by atoms with Gasteiger partial charge < -0.3 is 19.1 Å². The summed E-state index contributed by atoms with van der Waals surface area (Å²) in [6, 6.07) is 2.22. The molecule has 0 bridgehead atoms. The lowest BCUT2D eigenvalue weighted by atomic mass is 9.72. The number of rotatable bonds is 2. The maximum Gasteiger partial charge on any atom is 0.257 e. The van der Waals surface area contributed by atoms with Crippen molar-refractivity contribution in [2.24, 2.45) is 5.41 Å². The zero-order valence-electron chi connectivity index (χ0n) is 16.8. The molecule has 2 amide bonds. The maximum absolute atomic E-state index is 12.9. The molecule has 1 atom stereocenters. The number of amides is 2. The summed E-state index contributed by atoms with van der Waals surface area (Å²) < 4.78 is 5.53. The van der Waals surface area contributed by atoms with Crippen LogP contribution in [0.15, 0.2) is 10.5 Å². The molecular weight excluding hydrogens is 342 g/mol. The van der Waals surface area contributed by atoms with Crippen molar-refractivity contribution in [1.29, 1.82) is 0 Å². The van der Waals surface area contributed by atoms with E-state index in [2.05, 4.69) is 16.8 Å². The molecule has 3 aliphatic heterocycles. The SMILES string of the molecule is Cc1cc(C(=O)N2CCC3(CCC(=O)N([C@@H]4CCN(C)C4)C3)CC2)c(C)o1. The maximum atomic E-state index is 12.9. The van der Waals surface area contributed by atoms with Gasteiger partial charge in [-0.3, -0.25) is 9.59 Å².